The molecule has 1 atom stereocenters. The smallest absolute Gasteiger partial charge is 0.262 e. The van der Waals surface area contributed by atoms with Crippen molar-refractivity contribution in [2.24, 2.45) is 0 Å². The van der Waals surface area contributed by atoms with Gasteiger partial charge in [0.15, 0.2) is 0 Å². The van der Waals surface area contributed by atoms with Gasteiger partial charge in [-0.2, -0.15) is 0 Å². The van der Waals surface area contributed by atoms with Gasteiger partial charge in [-0.3, -0.25) is 19.3 Å². The van der Waals surface area contributed by atoms with Crippen LogP contribution in [0.5, 0.6) is 0 Å². The number of carbonyl (C=O) groups is 3. The highest BCUT2D eigenvalue weighted by molar-refractivity contribution is 6.22. The van der Waals surface area contributed by atoms with E-state index in [9.17, 15) is 18.8 Å². The lowest BCUT2D eigenvalue weighted by Gasteiger charge is -2.34. The van der Waals surface area contributed by atoms with Crippen LogP contribution in [0.2, 0.25) is 0 Å². The van der Waals surface area contributed by atoms with Gasteiger partial charge in [0.2, 0.25) is 5.91 Å². The molecule has 0 N–H and O–H groups in total. The van der Waals surface area contributed by atoms with E-state index in [1.54, 1.807) is 42.5 Å². The summed E-state index contributed by atoms with van der Waals surface area (Å²) in [4.78, 5) is 40.0. The summed E-state index contributed by atoms with van der Waals surface area (Å²) in [6.45, 7) is 0.416. The molecule has 0 aliphatic carbocycles. The Bertz CT molecular complexity index is 895. The lowest BCUT2D eigenvalue weighted by Crippen LogP contribution is -2.47. The van der Waals surface area contributed by atoms with Gasteiger partial charge in [0.1, 0.15) is 18.5 Å². The van der Waals surface area contributed by atoms with E-state index in [4.69, 9.17) is 4.74 Å². The number of hydrogen-bond acceptors (Lipinski definition) is 4. The summed E-state index contributed by atoms with van der Waals surface area (Å²) < 4.78 is 19.6. The van der Waals surface area contributed by atoms with E-state index in [0.717, 1.165) is 4.90 Å². The van der Waals surface area contributed by atoms with Crippen molar-refractivity contribution in [3.8, 4) is 0 Å². The molecular weight excluding hydrogens is 351 g/mol. The maximum absolute atomic E-state index is 14.0. The largest absolute Gasteiger partial charge is 0.370 e. The molecule has 2 aliphatic rings. The van der Waals surface area contributed by atoms with Gasteiger partial charge < -0.3 is 9.64 Å². The van der Waals surface area contributed by atoms with Crippen molar-refractivity contribution in [2.45, 2.75) is 6.10 Å². The van der Waals surface area contributed by atoms with Crippen LogP contribution >= 0.6 is 0 Å². The second-order valence-electron chi connectivity index (χ2n) is 6.46. The van der Waals surface area contributed by atoms with Crippen molar-refractivity contribution < 1.29 is 23.5 Å². The Kier molecular flexibility index (Phi) is 4.45. The topological polar surface area (TPSA) is 66.9 Å². The quantitative estimate of drug-likeness (QED) is 0.778. The van der Waals surface area contributed by atoms with Crippen LogP contribution < -0.4 is 0 Å². The number of morpholine rings is 1. The SMILES string of the molecule is O=C(CN1C(=O)c2ccccc2C1=O)N1CCOC(c2ccccc2F)C1. The molecule has 138 valence electrons. The fourth-order valence-electron chi connectivity index (χ4n) is 3.42. The zero-order valence-corrected chi connectivity index (χ0v) is 14.4. The molecule has 0 saturated carbocycles. The van der Waals surface area contributed by atoms with Crippen LogP contribution in [0.4, 0.5) is 4.39 Å². The molecule has 3 amide bonds. The van der Waals surface area contributed by atoms with Crippen LogP contribution in [0, 0.1) is 5.82 Å². The third-order valence-corrected chi connectivity index (χ3v) is 4.84. The van der Waals surface area contributed by atoms with Gasteiger partial charge in [-0.15, -0.1) is 0 Å². The van der Waals surface area contributed by atoms with E-state index >= 15 is 0 Å². The van der Waals surface area contributed by atoms with Crippen LogP contribution in [-0.4, -0.2) is 53.8 Å². The van der Waals surface area contributed by atoms with Crippen molar-refractivity contribution in [1.82, 2.24) is 9.80 Å². The number of rotatable bonds is 3. The number of hydrogen-bond donors (Lipinski definition) is 0. The molecule has 0 aromatic heterocycles. The lowest BCUT2D eigenvalue weighted by atomic mass is 10.1. The molecule has 0 spiro atoms. The molecular formula is C20H17FN2O4. The molecule has 6 nitrogen and oxygen atoms in total. The number of amides is 3. The zero-order chi connectivity index (χ0) is 19.0. The van der Waals surface area contributed by atoms with E-state index in [1.807, 2.05) is 0 Å². The van der Waals surface area contributed by atoms with Gasteiger partial charge in [0.25, 0.3) is 11.8 Å². The first-order chi connectivity index (χ1) is 13.1. The van der Waals surface area contributed by atoms with Crippen molar-refractivity contribution in [3.05, 3.63) is 71.0 Å². The standard InChI is InChI=1S/C20H17FN2O4/c21-16-8-4-3-7-15(16)17-11-22(9-10-27-17)18(24)12-23-19(25)13-5-1-2-6-14(13)20(23)26/h1-8,17H,9-12H2. The summed E-state index contributed by atoms with van der Waals surface area (Å²) in [6.07, 6.45) is -0.578. The van der Waals surface area contributed by atoms with Gasteiger partial charge in [0, 0.05) is 12.1 Å². The molecule has 2 aromatic carbocycles. The normalized spacial score (nSPS) is 19.4. The Hall–Kier alpha value is -3.06. The van der Waals surface area contributed by atoms with E-state index in [-0.39, 0.29) is 25.6 Å². The van der Waals surface area contributed by atoms with Crippen molar-refractivity contribution in [2.75, 3.05) is 26.2 Å². The van der Waals surface area contributed by atoms with Crippen LogP contribution in [0.1, 0.15) is 32.4 Å². The average Bonchev–Trinajstić information content (AvgIpc) is 2.93. The van der Waals surface area contributed by atoms with Gasteiger partial charge in [0.05, 0.1) is 24.3 Å². The zero-order valence-electron chi connectivity index (χ0n) is 14.4. The number of imide groups is 1. The van der Waals surface area contributed by atoms with Crippen LogP contribution in [-0.2, 0) is 9.53 Å². The third-order valence-electron chi connectivity index (χ3n) is 4.84. The monoisotopic (exact) mass is 368 g/mol. The predicted octanol–water partition coefficient (Wildman–Crippen LogP) is 2.02. The summed E-state index contributed by atoms with van der Waals surface area (Å²) in [5.41, 5.74) is 0.999. The molecule has 0 bridgehead atoms. The second kappa shape index (κ2) is 6.92. The fourth-order valence-corrected chi connectivity index (χ4v) is 3.42. The minimum atomic E-state index is -0.578. The van der Waals surface area contributed by atoms with Gasteiger partial charge >= 0.3 is 0 Å². The molecule has 7 heteroatoms. The van der Waals surface area contributed by atoms with Gasteiger partial charge in [-0.05, 0) is 18.2 Å². The highest BCUT2D eigenvalue weighted by atomic mass is 19.1. The fraction of sp³-hybridized carbons (Fsp3) is 0.250. The molecule has 1 unspecified atom stereocenters. The predicted molar refractivity (Wildman–Crippen MR) is 93.5 cm³/mol. The van der Waals surface area contributed by atoms with Gasteiger partial charge in [-0.25, -0.2) is 4.39 Å². The summed E-state index contributed by atoms with van der Waals surface area (Å²) in [5.74, 6) is -1.70. The Labute approximate surface area is 155 Å². The first-order valence-corrected chi connectivity index (χ1v) is 8.65. The van der Waals surface area contributed by atoms with Crippen molar-refractivity contribution >= 4 is 17.7 Å². The Morgan fingerprint density at radius 1 is 1.04 bits per heavy atom. The molecule has 27 heavy (non-hydrogen) atoms. The molecule has 4 rings (SSSR count). The molecule has 0 radical (unpaired) electrons. The lowest BCUT2D eigenvalue weighted by molar-refractivity contribution is -0.139. The van der Waals surface area contributed by atoms with E-state index in [2.05, 4.69) is 0 Å². The highest BCUT2D eigenvalue weighted by Gasteiger charge is 2.37. The summed E-state index contributed by atoms with van der Waals surface area (Å²) in [5, 5.41) is 0. The van der Waals surface area contributed by atoms with Crippen LogP contribution in [0.15, 0.2) is 48.5 Å². The highest BCUT2D eigenvalue weighted by Crippen LogP contribution is 2.26. The third kappa shape index (κ3) is 3.10. The molecule has 2 heterocycles. The van der Waals surface area contributed by atoms with E-state index in [0.29, 0.717) is 23.2 Å². The summed E-state index contributed by atoms with van der Waals surface area (Å²) in [6, 6.07) is 12.8. The van der Waals surface area contributed by atoms with Crippen molar-refractivity contribution in [3.63, 3.8) is 0 Å². The Balaban J connectivity index is 1.47. The number of nitrogens with zero attached hydrogens (tertiary/aromatic N) is 2. The van der Waals surface area contributed by atoms with E-state index in [1.165, 1.54) is 11.0 Å². The maximum Gasteiger partial charge on any atom is 0.262 e. The van der Waals surface area contributed by atoms with Crippen LogP contribution in [0.3, 0.4) is 0 Å². The molecule has 2 aliphatic heterocycles. The second-order valence-corrected chi connectivity index (χ2v) is 6.46. The Morgan fingerprint density at radius 2 is 1.67 bits per heavy atom. The Morgan fingerprint density at radius 3 is 2.33 bits per heavy atom. The first-order valence-electron chi connectivity index (χ1n) is 8.65. The molecule has 1 saturated heterocycles. The number of fused-ring (bicyclic) bond motifs is 1. The minimum Gasteiger partial charge on any atom is -0.370 e. The van der Waals surface area contributed by atoms with E-state index < -0.39 is 23.7 Å². The summed E-state index contributed by atoms with van der Waals surface area (Å²) in [7, 11) is 0. The number of benzene rings is 2. The molecule has 2 aromatic rings. The van der Waals surface area contributed by atoms with Crippen molar-refractivity contribution in [1.29, 1.82) is 0 Å². The van der Waals surface area contributed by atoms with Gasteiger partial charge in [-0.1, -0.05) is 30.3 Å². The first kappa shape index (κ1) is 17.4. The number of halogens is 1. The number of carbonyl (C=O) groups excluding carboxylic acids is 3. The van der Waals surface area contributed by atoms with Crippen LogP contribution in [0.25, 0.3) is 0 Å². The summed E-state index contributed by atoms with van der Waals surface area (Å²) >= 11 is 0. The average molecular weight is 368 g/mol. The maximum atomic E-state index is 14.0. The molecule has 1 fully saturated rings. The number of ether oxygens (including phenoxy) is 1. The minimum absolute atomic E-state index is 0.170.